The summed E-state index contributed by atoms with van der Waals surface area (Å²) in [6.45, 7) is 1.96. The summed E-state index contributed by atoms with van der Waals surface area (Å²) < 4.78 is 0. The number of nitrogens with zero attached hydrogens (tertiary/aromatic N) is 2. The zero-order valence-corrected chi connectivity index (χ0v) is 6.56. The van der Waals surface area contributed by atoms with Gasteiger partial charge < -0.3 is 5.73 Å². The number of aromatic nitrogens is 3. The fraction of sp³-hybridized carbons (Fsp3) is 0.600. The van der Waals surface area contributed by atoms with E-state index in [1.54, 1.807) is 11.8 Å². The highest BCUT2D eigenvalue weighted by Crippen LogP contribution is 2.10. The molecule has 1 atom stereocenters. The van der Waals surface area contributed by atoms with Gasteiger partial charge in [-0.05, 0) is 6.92 Å². The lowest BCUT2D eigenvalue weighted by molar-refractivity contribution is 0.842. The van der Waals surface area contributed by atoms with E-state index in [0.717, 1.165) is 10.9 Å². The summed E-state index contributed by atoms with van der Waals surface area (Å²) in [5.41, 5.74) is 5.53. The first kappa shape index (κ1) is 7.56. The fourth-order valence-corrected chi connectivity index (χ4v) is 1.13. The molecule has 0 bridgehead atoms. The number of H-pyrrole nitrogens is 1. The molecule has 0 aliphatic carbocycles. The molecule has 1 rings (SSSR count). The molecule has 0 unspecified atom stereocenters. The van der Waals surface area contributed by atoms with Gasteiger partial charge in [0.2, 0.25) is 0 Å². The zero-order valence-electron chi connectivity index (χ0n) is 5.74. The number of nitrogens with one attached hydrogen (secondary N) is 1. The molecule has 0 aromatic carbocycles. The molecule has 0 saturated carbocycles. The molecule has 1 aromatic rings. The van der Waals surface area contributed by atoms with Crippen molar-refractivity contribution in [2.75, 3.05) is 5.75 Å². The lowest BCUT2D eigenvalue weighted by Gasteiger charge is -1.99. The van der Waals surface area contributed by atoms with E-state index in [9.17, 15) is 0 Å². The van der Waals surface area contributed by atoms with E-state index < -0.39 is 0 Å². The summed E-state index contributed by atoms with van der Waals surface area (Å²) in [4.78, 5) is 3.93. The van der Waals surface area contributed by atoms with Crippen LogP contribution < -0.4 is 5.73 Å². The Morgan fingerprint density at radius 3 is 3.20 bits per heavy atom. The normalized spacial score (nSPS) is 13.4. The van der Waals surface area contributed by atoms with Crippen molar-refractivity contribution in [3.8, 4) is 0 Å². The van der Waals surface area contributed by atoms with Gasteiger partial charge in [-0.1, -0.05) is 11.8 Å². The molecule has 0 amide bonds. The molecule has 3 N–H and O–H groups in total. The molecule has 0 aliphatic rings. The summed E-state index contributed by atoms with van der Waals surface area (Å²) in [5.74, 6) is 0.870. The lowest BCUT2D eigenvalue weighted by Crippen LogP contribution is -2.17. The Bertz CT molecular complexity index is 172. The predicted octanol–water partition coefficient (Wildman–Crippen LogP) is 0.244. The monoisotopic (exact) mass is 158 g/mol. The maximum absolute atomic E-state index is 5.53. The highest BCUT2D eigenvalue weighted by Gasteiger charge is 1.98. The molecule has 10 heavy (non-hydrogen) atoms. The number of rotatable bonds is 3. The summed E-state index contributed by atoms with van der Waals surface area (Å²) >= 11 is 1.58. The van der Waals surface area contributed by atoms with Gasteiger partial charge in [-0.2, -0.15) is 5.10 Å². The average Bonchev–Trinajstić information content (AvgIpc) is 2.34. The van der Waals surface area contributed by atoms with Crippen molar-refractivity contribution in [1.29, 1.82) is 0 Å². The van der Waals surface area contributed by atoms with Crippen LogP contribution in [0.25, 0.3) is 0 Å². The summed E-state index contributed by atoms with van der Waals surface area (Å²) in [5, 5.41) is 7.27. The highest BCUT2D eigenvalue weighted by molar-refractivity contribution is 7.99. The molecule has 0 saturated heterocycles. The molecule has 0 radical (unpaired) electrons. The lowest BCUT2D eigenvalue weighted by atomic mass is 10.4. The number of nitrogens with two attached hydrogens (primary N) is 1. The van der Waals surface area contributed by atoms with Gasteiger partial charge in [-0.3, -0.25) is 5.10 Å². The molecule has 4 nitrogen and oxygen atoms in total. The van der Waals surface area contributed by atoms with Crippen molar-refractivity contribution in [3.05, 3.63) is 6.33 Å². The third kappa shape index (κ3) is 2.36. The third-order valence-electron chi connectivity index (χ3n) is 0.876. The van der Waals surface area contributed by atoms with Crippen LogP contribution in [-0.2, 0) is 0 Å². The second kappa shape index (κ2) is 3.58. The SMILES string of the molecule is C[C@@H](N)CSc1ncn[nH]1. The Balaban J connectivity index is 2.28. The van der Waals surface area contributed by atoms with E-state index in [1.165, 1.54) is 6.33 Å². The van der Waals surface area contributed by atoms with E-state index in [1.807, 2.05) is 6.92 Å². The van der Waals surface area contributed by atoms with Crippen molar-refractivity contribution in [1.82, 2.24) is 15.2 Å². The molecule has 1 heterocycles. The van der Waals surface area contributed by atoms with E-state index in [4.69, 9.17) is 5.73 Å². The second-order valence-corrected chi connectivity index (χ2v) is 3.09. The summed E-state index contributed by atoms with van der Waals surface area (Å²) in [6, 6.07) is 0.204. The fourth-order valence-electron chi connectivity index (χ4n) is 0.474. The van der Waals surface area contributed by atoms with Crippen LogP contribution in [0.5, 0.6) is 0 Å². The Kier molecular flexibility index (Phi) is 2.70. The maximum Gasteiger partial charge on any atom is 0.183 e. The van der Waals surface area contributed by atoms with Gasteiger partial charge >= 0.3 is 0 Å². The second-order valence-electron chi connectivity index (χ2n) is 2.08. The van der Waals surface area contributed by atoms with Gasteiger partial charge in [-0.25, -0.2) is 4.98 Å². The van der Waals surface area contributed by atoms with E-state index in [2.05, 4.69) is 15.2 Å². The maximum atomic E-state index is 5.53. The average molecular weight is 158 g/mol. The minimum absolute atomic E-state index is 0.204. The van der Waals surface area contributed by atoms with Crippen LogP contribution in [0.3, 0.4) is 0 Å². The van der Waals surface area contributed by atoms with Gasteiger partial charge in [0.25, 0.3) is 0 Å². The molecule has 0 fully saturated rings. The van der Waals surface area contributed by atoms with Crippen LogP contribution in [-0.4, -0.2) is 27.0 Å². The van der Waals surface area contributed by atoms with Gasteiger partial charge in [0.05, 0.1) is 0 Å². The van der Waals surface area contributed by atoms with Crippen molar-refractivity contribution < 1.29 is 0 Å². The standard InChI is InChI=1S/C5H10N4S/c1-4(6)2-10-5-7-3-8-9-5/h3-4H,2,6H2,1H3,(H,7,8,9)/t4-/m1/s1. The largest absolute Gasteiger partial charge is 0.327 e. The zero-order chi connectivity index (χ0) is 7.40. The number of hydrogen-bond acceptors (Lipinski definition) is 4. The van der Waals surface area contributed by atoms with Crippen molar-refractivity contribution in [3.63, 3.8) is 0 Å². The van der Waals surface area contributed by atoms with E-state index >= 15 is 0 Å². The van der Waals surface area contributed by atoms with E-state index in [-0.39, 0.29) is 6.04 Å². The van der Waals surface area contributed by atoms with Crippen LogP contribution in [0, 0.1) is 0 Å². The number of aromatic amines is 1. The first-order valence-electron chi connectivity index (χ1n) is 3.03. The summed E-state index contributed by atoms with van der Waals surface area (Å²) in [7, 11) is 0. The quantitative estimate of drug-likeness (QED) is 0.618. The van der Waals surface area contributed by atoms with Gasteiger partial charge in [0, 0.05) is 11.8 Å². The first-order valence-corrected chi connectivity index (χ1v) is 4.01. The van der Waals surface area contributed by atoms with Crippen LogP contribution in [0.1, 0.15) is 6.92 Å². The minimum atomic E-state index is 0.204. The topological polar surface area (TPSA) is 67.6 Å². The van der Waals surface area contributed by atoms with Crippen molar-refractivity contribution >= 4 is 11.8 Å². The highest BCUT2D eigenvalue weighted by atomic mass is 32.2. The smallest absolute Gasteiger partial charge is 0.183 e. The van der Waals surface area contributed by atoms with Crippen LogP contribution >= 0.6 is 11.8 Å². The number of hydrogen-bond donors (Lipinski definition) is 2. The minimum Gasteiger partial charge on any atom is -0.327 e. The summed E-state index contributed by atoms with van der Waals surface area (Å²) in [6.07, 6.45) is 1.49. The van der Waals surface area contributed by atoms with Gasteiger partial charge in [0.1, 0.15) is 6.33 Å². The number of thioether (sulfide) groups is 1. The van der Waals surface area contributed by atoms with Crippen molar-refractivity contribution in [2.24, 2.45) is 5.73 Å². The molecule has 0 aliphatic heterocycles. The van der Waals surface area contributed by atoms with Gasteiger partial charge in [-0.15, -0.1) is 0 Å². The molecule has 0 spiro atoms. The van der Waals surface area contributed by atoms with Gasteiger partial charge in [0.15, 0.2) is 5.16 Å². The molecule has 5 heteroatoms. The molecule has 1 aromatic heterocycles. The Morgan fingerprint density at radius 1 is 1.90 bits per heavy atom. The predicted molar refractivity (Wildman–Crippen MR) is 40.8 cm³/mol. The van der Waals surface area contributed by atoms with Crippen LogP contribution in [0.15, 0.2) is 11.5 Å². The molecule has 56 valence electrons. The third-order valence-corrected chi connectivity index (χ3v) is 2.04. The molecular formula is C5H10N4S. The Morgan fingerprint density at radius 2 is 2.70 bits per heavy atom. The van der Waals surface area contributed by atoms with Crippen molar-refractivity contribution in [2.45, 2.75) is 18.1 Å². The Labute approximate surface area is 63.6 Å². The first-order chi connectivity index (χ1) is 4.79. The van der Waals surface area contributed by atoms with E-state index in [0.29, 0.717) is 0 Å². The Hall–Kier alpha value is -0.550. The van der Waals surface area contributed by atoms with Crippen LogP contribution in [0.2, 0.25) is 0 Å². The molecular weight excluding hydrogens is 148 g/mol. The van der Waals surface area contributed by atoms with Crippen LogP contribution in [0.4, 0.5) is 0 Å².